The molecule has 0 aliphatic heterocycles. The van der Waals surface area contributed by atoms with Gasteiger partial charge in [0.1, 0.15) is 0 Å². The van der Waals surface area contributed by atoms with E-state index in [0.29, 0.717) is 18.6 Å². The van der Waals surface area contributed by atoms with Gasteiger partial charge in [0.05, 0.1) is 0 Å². The van der Waals surface area contributed by atoms with E-state index in [1.54, 1.807) is 0 Å². The summed E-state index contributed by atoms with van der Waals surface area (Å²) in [7, 11) is 2.08. The third-order valence-electron chi connectivity index (χ3n) is 3.99. The van der Waals surface area contributed by atoms with E-state index < -0.39 is 0 Å². The monoisotopic (exact) mass is 236 g/mol. The highest BCUT2D eigenvalue weighted by Gasteiger charge is 2.22. The summed E-state index contributed by atoms with van der Waals surface area (Å²) in [6.45, 7) is 1.23. The van der Waals surface area contributed by atoms with E-state index >= 15 is 0 Å². The van der Waals surface area contributed by atoms with Crippen LogP contribution in [0.1, 0.15) is 37.8 Å². The highest BCUT2D eigenvalue weighted by Crippen LogP contribution is 2.23. The largest absolute Gasteiger partial charge is 0.396 e. The third kappa shape index (κ3) is 3.33. The van der Waals surface area contributed by atoms with Gasteiger partial charge in [-0.2, -0.15) is 0 Å². The van der Waals surface area contributed by atoms with Crippen LogP contribution in [0.2, 0.25) is 0 Å². The van der Waals surface area contributed by atoms with Gasteiger partial charge < -0.3 is 15.0 Å². The van der Waals surface area contributed by atoms with Crippen LogP contribution < -0.4 is 5.32 Å². The zero-order valence-corrected chi connectivity index (χ0v) is 10.7. The van der Waals surface area contributed by atoms with Crippen molar-refractivity contribution < 1.29 is 5.11 Å². The molecule has 2 N–H and O–H groups in total. The van der Waals surface area contributed by atoms with Crippen LogP contribution in [0, 0.1) is 5.92 Å². The van der Waals surface area contributed by atoms with Gasteiger partial charge in [-0.15, -0.1) is 0 Å². The second-order valence-corrected chi connectivity index (χ2v) is 5.18. The number of aliphatic hydroxyl groups is 1. The zero-order valence-electron chi connectivity index (χ0n) is 10.7. The van der Waals surface area contributed by atoms with E-state index in [1.165, 1.54) is 37.8 Å². The smallest absolute Gasteiger partial charge is 0.0474 e. The lowest BCUT2D eigenvalue weighted by Gasteiger charge is -2.24. The standard InChI is InChI=1S/C14H24N2O/c1-16-9-5-7-13(16)10-15-14-8-4-2-3-6-12(14)11-17/h5,7,9,12,14-15,17H,2-4,6,8,10-11H2,1H3. The maximum Gasteiger partial charge on any atom is 0.0474 e. The minimum Gasteiger partial charge on any atom is -0.396 e. The summed E-state index contributed by atoms with van der Waals surface area (Å²) in [5.41, 5.74) is 1.31. The molecule has 0 bridgehead atoms. The topological polar surface area (TPSA) is 37.2 Å². The minimum atomic E-state index is 0.324. The number of aliphatic hydroxyl groups excluding tert-OH is 1. The average Bonchev–Trinajstić information content (AvgIpc) is 2.63. The summed E-state index contributed by atoms with van der Waals surface area (Å²) in [5.74, 6) is 0.442. The number of hydrogen-bond donors (Lipinski definition) is 2. The van der Waals surface area contributed by atoms with Crippen LogP contribution in [0.3, 0.4) is 0 Å². The van der Waals surface area contributed by atoms with E-state index in [2.05, 4.69) is 35.3 Å². The van der Waals surface area contributed by atoms with Crippen molar-refractivity contribution in [1.29, 1.82) is 0 Å². The van der Waals surface area contributed by atoms with Crippen LogP contribution in [0.15, 0.2) is 18.3 Å². The minimum absolute atomic E-state index is 0.324. The Bertz CT molecular complexity index is 335. The predicted octanol–water partition coefficient (Wildman–Crippen LogP) is 2.06. The lowest BCUT2D eigenvalue weighted by molar-refractivity contribution is 0.180. The molecule has 1 aliphatic carbocycles. The summed E-state index contributed by atoms with van der Waals surface area (Å²) >= 11 is 0. The molecule has 0 spiro atoms. The van der Waals surface area contributed by atoms with Gasteiger partial charge in [0.15, 0.2) is 0 Å². The molecule has 1 heterocycles. The summed E-state index contributed by atoms with van der Waals surface area (Å²) in [4.78, 5) is 0. The molecule has 0 amide bonds. The van der Waals surface area contributed by atoms with Crippen molar-refractivity contribution in [3.63, 3.8) is 0 Å². The lowest BCUT2D eigenvalue weighted by Crippen LogP contribution is -2.37. The lowest BCUT2D eigenvalue weighted by atomic mass is 9.95. The second-order valence-electron chi connectivity index (χ2n) is 5.18. The molecule has 1 saturated carbocycles. The summed E-state index contributed by atoms with van der Waals surface area (Å²) in [6.07, 6.45) is 8.33. The van der Waals surface area contributed by atoms with Gasteiger partial charge in [0.2, 0.25) is 0 Å². The Labute approximate surface area is 104 Å². The highest BCUT2D eigenvalue weighted by atomic mass is 16.3. The van der Waals surface area contributed by atoms with Crippen molar-refractivity contribution in [2.24, 2.45) is 13.0 Å². The SMILES string of the molecule is Cn1cccc1CNC1CCCCCC1CO. The predicted molar refractivity (Wildman–Crippen MR) is 69.7 cm³/mol. The fourth-order valence-electron chi connectivity index (χ4n) is 2.79. The Morgan fingerprint density at radius 1 is 1.35 bits per heavy atom. The van der Waals surface area contributed by atoms with Crippen LogP contribution in [-0.4, -0.2) is 22.3 Å². The van der Waals surface area contributed by atoms with E-state index in [0.717, 1.165) is 6.54 Å². The van der Waals surface area contributed by atoms with Crippen LogP contribution in [0.25, 0.3) is 0 Å². The maximum absolute atomic E-state index is 9.45. The van der Waals surface area contributed by atoms with E-state index in [9.17, 15) is 5.11 Å². The van der Waals surface area contributed by atoms with Crippen molar-refractivity contribution >= 4 is 0 Å². The number of rotatable bonds is 4. The molecule has 1 aromatic rings. The molecule has 1 aromatic heterocycles. The van der Waals surface area contributed by atoms with E-state index in [-0.39, 0.29) is 0 Å². The molecule has 3 heteroatoms. The first-order chi connectivity index (χ1) is 8.31. The van der Waals surface area contributed by atoms with Crippen molar-refractivity contribution in [2.75, 3.05) is 6.61 Å². The van der Waals surface area contributed by atoms with Gasteiger partial charge in [0.25, 0.3) is 0 Å². The molecule has 2 atom stereocenters. The van der Waals surface area contributed by atoms with Gasteiger partial charge in [-0.05, 0) is 30.9 Å². The molecule has 17 heavy (non-hydrogen) atoms. The molecular weight excluding hydrogens is 212 g/mol. The van der Waals surface area contributed by atoms with Gasteiger partial charge >= 0.3 is 0 Å². The molecule has 2 rings (SSSR count). The summed E-state index contributed by atoms with van der Waals surface area (Å²) in [6, 6.07) is 4.71. The Kier molecular flexibility index (Phi) is 4.63. The fourth-order valence-corrected chi connectivity index (χ4v) is 2.79. The maximum atomic E-state index is 9.45. The number of aromatic nitrogens is 1. The van der Waals surface area contributed by atoms with Gasteiger partial charge in [-0.1, -0.05) is 19.3 Å². The molecule has 0 aromatic carbocycles. The molecule has 0 radical (unpaired) electrons. The average molecular weight is 236 g/mol. The van der Waals surface area contributed by atoms with Gasteiger partial charge in [-0.25, -0.2) is 0 Å². The number of hydrogen-bond acceptors (Lipinski definition) is 2. The van der Waals surface area contributed by atoms with Gasteiger partial charge in [-0.3, -0.25) is 0 Å². The number of aryl methyl sites for hydroxylation is 1. The van der Waals surface area contributed by atoms with Crippen molar-refractivity contribution in [2.45, 2.75) is 44.7 Å². The molecule has 1 aliphatic rings. The first-order valence-electron chi connectivity index (χ1n) is 6.75. The van der Waals surface area contributed by atoms with Crippen LogP contribution in [0.4, 0.5) is 0 Å². The zero-order chi connectivity index (χ0) is 12.1. The molecule has 1 fully saturated rings. The van der Waals surface area contributed by atoms with Crippen molar-refractivity contribution in [3.05, 3.63) is 24.0 Å². The third-order valence-corrected chi connectivity index (χ3v) is 3.99. The van der Waals surface area contributed by atoms with Crippen molar-refractivity contribution in [1.82, 2.24) is 9.88 Å². The molecule has 3 nitrogen and oxygen atoms in total. The first-order valence-corrected chi connectivity index (χ1v) is 6.75. The first kappa shape index (κ1) is 12.7. The molecule has 0 saturated heterocycles. The quantitative estimate of drug-likeness (QED) is 0.785. The molecule has 96 valence electrons. The normalized spacial score (nSPS) is 25.8. The second kappa shape index (κ2) is 6.22. The number of nitrogens with zero attached hydrogens (tertiary/aromatic N) is 1. The highest BCUT2D eigenvalue weighted by molar-refractivity contribution is 5.06. The van der Waals surface area contributed by atoms with Crippen molar-refractivity contribution in [3.8, 4) is 0 Å². The summed E-state index contributed by atoms with van der Waals surface area (Å²) < 4.78 is 2.15. The Morgan fingerprint density at radius 2 is 2.18 bits per heavy atom. The fraction of sp³-hybridized carbons (Fsp3) is 0.714. The van der Waals surface area contributed by atoms with E-state index in [1.807, 2.05) is 0 Å². The molecular formula is C14H24N2O. The Hall–Kier alpha value is -0.800. The van der Waals surface area contributed by atoms with E-state index in [4.69, 9.17) is 0 Å². The molecule has 2 unspecified atom stereocenters. The number of nitrogens with one attached hydrogen (secondary N) is 1. The Morgan fingerprint density at radius 3 is 2.88 bits per heavy atom. The van der Waals surface area contributed by atoms with Crippen LogP contribution in [0.5, 0.6) is 0 Å². The van der Waals surface area contributed by atoms with Gasteiger partial charge in [0, 0.05) is 38.1 Å². The van der Waals surface area contributed by atoms with Crippen LogP contribution >= 0.6 is 0 Å². The van der Waals surface area contributed by atoms with Crippen LogP contribution in [-0.2, 0) is 13.6 Å². The Balaban J connectivity index is 1.89. The summed E-state index contributed by atoms with van der Waals surface area (Å²) in [5, 5.41) is 13.1.